The molecule has 152 valence electrons. The number of piperidine rings is 1. The minimum atomic E-state index is -3.56. The van der Waals surface area contributed by atoms with Crippen LogP contribution in [0, 0.1) is 0 Å². The zero-order valence-corrected chi connectivity index (χ0v) is 17.2. The van der Waals surface area contributed by atoms with Gasteiger partial charge in [-0.2, -0.15) is 9.29 Å². The van der Waals surface area contributed by atoms with Gasteiger partial charge in [0.05, 0.1) is 4.90 Å². The maximum Gasteiger partial charge on any atom is 0.250 e. The Bertz CT molecular complexity index is 1180. The third-order valence-corrected chi connectivity index (χ3v) is 7.21. The molecular weight excluding hydrogens is 416 g/mol. The first-order valence-corrected chi connectivity index (χ1v) is 10.9. The highest BCUT2D eigenvalue weighted by Gasteiger charge is 2.32. The number of halogens is 1. The summed E-state index contributed by atoms with van der Waals surface area (Å²) in [6.07, 6.45) is 2.82. The molecule has 0 spiro atoms. The van der Waals surface area contributed by atoms with E-state index in [1.165, 1.54) is 27.1 Å². The van der Waals surface area contributed by atoms with Crippen LogP contribution in [-0.4, -0.2) is 40.5 Å². The Morgan fingerprint density at radius 2 is 1.79 bits per heavy atom. The van der Waals surface area contributed by atoms with Gasteiger partial charge in [0, 0.05) is 48.9 Å². The Morgan fingerprint density at radius 1 is 1.10 bits per heavy atom. The SMILES string of the molecule is Cn1cc(-c2noc(C3CCN(S(=O)(=O)c4ccc(Cl)cc4)CC3)n2)ccc1=O. The molecule has 1 aliphatic heterocycles. The first-order chi connectivity index (χ1) is 13.8. The smallest absolute Gasteiger partial charge is 0.250 e. The number of benzene rings is 1. The summed E-state index contributed by atoms with van der Waals surface area (Å²) in [5.74, 6) is 0.879. The Kier molecular flexibility index (Phi) is 5.28. The van der Waals surface area contributed by atoms with Crippen molar-refractivity contribution < 1.29 is 12.9 Å². The zero-order chi connectivity index (χ0) is 20.6. The number of aromatic nitrogens is 3. The highest BCUT2D eigenvalue weighted by Crippen LogP contribution is 2.31. The van der Waals surface area contributed by atoms with E-state index in [4.69, 9.17) is 16.1 Å². The Morgan fingerprint density at radius 3 is 2.45 bits per heavy atom. The normalized spacial score (nSPS) is 16.2. The van der Waals surface area contributed by atoms with Gasteiger partial charge in [-0.1, -0.05) is 16.8 Å². The first-order valence-electron chi connectivity index (χ1n) is 9.11. The molecule has 0 unspecified atom stereocenters. The minimum Gasteiger partial charge on any atom is -0.339 e. The monoisotopic (exact) mass is 434 g/mol. The van der Waals surface area contributed by atoms with Crippen molar-refractivity contribution in [3.63, 3.8) is 0 Å². The molecule has 4 rings (SSSR count). The van der Waals surface area contributed by atoms with Crippen LogP contribution in [0.1, 0.15) is 24.7 Å². The first kappa shape index (κ1) is 19.8. The van der Waals surface area contributed by atoms with Crippen molar-refractivity contribution in [2.45, 2.75) is 23.7 Å². The highest BCUT2D eigenvalue weighted by atomic mass is 35.5. The summed E-state index contributed by atoms with van der Waals surface area (Å²) in [6.45, 7) is 0.736. The van der Waals surface area contributed by atoms with Crippen LogP contribution in [-0.2, 0) is 17.1 Å². The van der Waals surface area contributed by atoms with E-state index >= 15 is 0 Å². The number of hydrogen-bond donors (Lipinski definition) is 0. The molecule has 0 bridgehead atoms. The van der Waals surface area contributed by atoms with Gasteiger partial charge in [0.15, 0.2) is 0 Å². The fourth-order valence-corrected chi connectivity index (χ4v) is 4.94. The largest absolute Gasteiger partial charge is 0.339 e. The number of hydrogen-bond acceptors (Lipinski definition) is 6. The maximum atomic E-state index is 12.8. The fourth-order valence-electron chi connectivity index (χ4n) is 3.34. The van der Waals surface area contributed by atoms with E-state index < -0.39 is 10.0 Å². The molecule has 0 atom stereocenters. The summed E-state index contributed by atoms with van der Waals surface area (Å²) in [6, 6.07) is 9.27. The van der Waals surface area contributed by atoms with Gasteiger partial charge in [0.2, 0.25) is 27.3 Å². The van der Waals surface area contributed by atoms with Crippen LogP contribution in [0.5, 0.6) is 0 Å². The molecular formula is C19H19ClN4O4S. The second-order valence-electron chi connectivity index (χ2n) is 6.96. The second kappa shape index (κ2) is 7.74. The molecule has 1 aromatic carbocycles. The van der Waals surface area contributed by atoms with Crippen molar-refractivity contribution in [2.24, 2.45) is 7.05 Å². The number of sulfonamides is 1. The van der Waals surface area contributed by atoms with Crippen molar-refractivity contribution >= 4 is 21.6 Å². The molecule has 0 aliphatic carbocycles. The summed E-state index contributed by atoms with van der Waals surface area (Å²) in [5.41, 5.74) is 0.566. The van der Waals surface area contributed by atoms with E-state index in [-0.39, 0.29) is 16.4 Å². The average molecular weight is 435 g/mol. The zero-order valence-electron chi connectivity index (χ0n) is 15.7. The predicted molar refractivity (Wildman–Crippen MR) is 107 cm³/mol. The molecule has 1 aliphatic rings. The fraction of sp³-hybridized carbons (Fsp3) is 0.316. The van der Waals surface area contributed by atoms with E-state index in [1.807, 2.05) is 0 Å². The molecule has 8 nitrogen and oxygen atoms in total. The molecule has 1 saturated heterocycles. The van der Waals surface area contributed by atoms with Crippen LogP contribution in [0.3, 0.4) is 0 Å². The lowest BCUT2D eigenvalue weighted by atomic mass is 9.98. The average Bonchev–Trinajstić information content (AvgIpc) is 3.21. The lowest BCUT2D eigenvalue weighted by Gasteiger charge is -2.29. The van der Waals surface area contributed by atoms with Crippen molar-refractivity contribution in [2.75, 3.05) is 13.1 Å². The van der Waals surface area contributed by atoms with Crippen molar-refractivity contribution in [3.05, 3.63) is 63.9 Å². The van der Waals surface area contributed by atoms with Gasteiger partial charge < -0.3 is 9.09 Å². The van der Waals surface area contributed by atoms with E-state index in [9.17, 15) is 13.2 Å². The number of rotatable bonds is 4. The van der Waals surface area contributed by atoms with Crippen molar-refractivity contribution in [3.8, 4) is 11.4 Å². The second-order valence-corrected chi connectivity index (χ2v) is 9.33. The van der Waals surface area contributed by atoms with Crippen molar-refractivity contribution in [1.82, 2.24) is 19.0 Å². The lowest BCUT2D eigenvalue weighted by molar-refractivity contribution is 0.271. The molecule has 0 amide bonds. The molecule has 3 aromatic rings. The van der Waals surface area contributed by atoms with Crippen LogP contribution in [0.4, 0.5) is 0 Å². The summed E-state index contributed by atoms with van der Waals surface area (Å²) in [7, 11) is -1.90. The lowest BCUT2D eigenvalue weighted by Crippen LogP contribution is -2.37. The van der Waals surface area contributed by atoms with Gasteiger partial charge in [0.25, 0.3) is 0 Å². The van der Waals surface area contributed by atoms with E-state index in [0.717, 1.165) is 0 Å². The number of pyridine rings is 1. The summed E-state index contributed by atoms with van der Waals surface area (Å²) < 4.78 is 33.9. The molecule has 0 saturated carbocycles. The maximum absolute atomic E-state index is 12.8. The van der Waals surface area contributed by atoms with E-state index in [0.29, 0.717) is 48.2 Å². The Labute approximate surface area is 172 Å². The summed E-state index contributed by atoms with van der Waals surface area (Å²) >= 11 is 5.85. The minimum absolute atomic E-state index is 0.0135. The molecule has 2 aromatic heterocycles. The van der Waals surface area contributed by atoms with E-state index in [2.05, 4.69) is 10.1 Å². The Balaban J connectivity index is 1.46. The van der Waals surface area contributed by atoms with Crippen LogP contribution >= 0.6 is 11.6 Å². The number of nitrogens with zero attached hydrogens (tertiary/aromatic N) is 4. The van der Waals surface area contributed by atoms with Gasteiger partial charge in [-0.05, 0) is 43.2 Å². The van der Waals surface area contributed by atoms with Gasteiger partial charge >= 0.3 is 0 Å². The molecule has 0 radical (unpaired) electrons. The number of aryl methyl sites for hydroxylation is 1. The molecule has 29 heavy (non-hydrogen) atoms. The quantitative estimate of drug-likeness (QED) is 0.626. The van der Waals surface area contributed by atoms with Gasteiger partial charge in [-0.25, -0.2) is 8.42 Å². The topological polar surface area (TPSA) is 98.3 Å². The van der Waals surface area contributed by atoms with Crippen molar-refractivity contribution in [1.29, 1.82) is 0 Å². The molecule has 1 fully saturated rings. The van der Waals surface area contributed by atoms with Crippen LogP contribution in [0.25, 0.3) is 11.4 Å². The third kappa shape index (κ3) is 3.98. The summed E-state index contributed by atoms with van der Waals surface area (Å²) in [4.78, 5) is 16.2. The third-order valence-electron chi connectivity index (χ3n) is 5.04. The predicted octanol–water partition coefficient (Wildman–Crippen LogP) is 2.66. The molecule has 3 heterocycles. The van der Waals surface area contributed by atoms with E-state index in [1.54, 1.807) is 31.4 Å². The van der Waals surface area contributed by atoms with Crippen LogP contribution < -0.4 is 5.56 Å². The summed E-state index contributed by atoms with van der Waals surface area (Å²) in [5, 5.41) is 4.50. The molecule has 0 N–H and O–H groups in total. The van der Waals surface area contributed by atoms with Gasteiger partial charge in [0.1, 0.15) is 0 Å². The Hall–Kier alpha value is -2.49. The standard InChI is InChI=1S/C19H19ClN4O4S/c1-23-12-14(2-7-17(23)25)18-21-19(28-22-18)13-8-10-24(11-9-13)29(26,27)16-5-3-15(20)4-6-16/h2-7,12-13H,8-11H2,1H3. The van der Waals surface area contributed by atoms with Crippen LogP contribution in [0.15, 0.2) is 56.8 Å². The van der Waals surface area contributed by atoms with Crippen LogP contribution in [0.2, 0.25) is 5.02 Å². The molecule has 10 heteroatoms. The van der Waals surface area contributed by atoms with Gasteiger partial charge in [-0.3, -0.25) is 4.79 Å². The van der Waals surface area contributed by atoms with Gasteiger partial charge in [-0.15, -0.1) is 0 Å². The highest BCUT2D eigenvalue weighted by molar-refractivity contribution is 7.89.